The topological polar surface area (TPSA) is 102 Å². The van der Waals surface area contributed by atoms with Gasteiger partial charge in [0.2, 0.25) is 0 Å². The Labute approximate surface area is 273 Å². The van der Waals surface area contributed by atoms with E-state index in [-0.39, 0.29) is 12.3 Å². The molecule has 0 amide bonds. The lowest BCUT2D eigenvalue weighted by Crippen LogP contribution is -2.35. The first kappa shape index (κ1) is 32.1. The molecule has 0 spiro atoms. The van der Waals surface area contributed by atoms with E-state index in [0.717, 1.165) is 49.9 Å². The minimum atomic E-state index is -1.24. The van der Waals surface area contributed by atoms with E-state index in [1.165, 1.54) is 17.7 Å². The number of nitrogens with zero attached hydrogens (tertiary/aromatic N) is 5. The van der Waals surface area contributed by atoms with Crippen molar-refractivity contribution in [2.45, 2.75) is 39.0 Å². The molecule has 1 aliphatic rings. The zero-order valence-electron chi connectivity index (χ0n) is 26.6. The number of morpholine rings is 1. The summed E-state index contributed by atoms with van der Waals surface area (Å²) < 4.78 is 33.7. The third-order valence-corrected chi connectivity index (χ3v) is 9.76. The summed E-state index contributed by atoms with van der Waals surface area (Å²) in [6.45, 7) is 12.1. The van der Waals surface area contributed by atoms with Crippen LogP contribution in [-0.4, -0.2) is 77.7 Å². The van der Waals surface area contributed by atoms with E-state index in [4.69, 9.17) is 35.9 Å². The van der Waals surface area contributed by atoms with Crippen molar-refractivity contribution < 1.29 is 18.6 Å². The third-order valence-electron chi connectivity index (χ3n) is 7.82. The molecule has 5 aromatic rings. The molecule has 0 unspecified atom stereocenters. The Hall–Kier alpha value is -3.81. The molecule has 10 nitrogen and oxygen atoms in total. The molecule has 1 saturated heterocycles. The molecular weight excluding hydrogens is 625 g/mol. The summed E-state index contributed by atoms with van der Waals surface area (Å²) in [4.78, 5) is 15.2. The molecule has 6 rings (SSSR count). The lowest BCUT2D eigenvalue weighted by molar-refractivity contribution is 0.0342. The van der Waals surface area contributed by atoms with Crippen molar-refractivity contribution in [1.29, 1.82) is 0 Å². The highest BCUT2D eigenvalue weighted by Crippen LogP contribution is 2.36. The average molecular weight is 664 g/mol. The van der Waals surface area contributed by atoms with Crippen LogP contribution in [-0.2, 0) is 22.7 Å². The molecule has 0 radical (unpaired) electrons. The van der Waals surface area contributed by atoms with Gasteiger partial charge in [0.05, 0.1) is 60.8 Å². The number of hydrogen-bond acceptors (Lipinski definition) is 8. The summed E-state index contributed by atoms with van der Waals surface area (Å²) in [5.41, 5.74) is 5.51. The van der Waals surface area contributed by atoms with Crippen LogP contribution in [0.2, 0.25) is 30.7 Å². The zero-order valence-corrected chi connectivity index (χ0v) is 28.3. The van der Waals surface area contributed by atoms with Crippen molar-refractivity contribution in [3.8, 4) is 28.5 Å². The number of nitrogens with one attached hydrogen (secondary N) is 2. The molecule has 0 saturated carbocycles. The Kier molecular flexibility index (Phi) is 9.71. The molecule has 242 valence electrons. The lowest BCUT2D eigenvalue weighted by atomic mass is 10.1. The molecular formula is C33H39ClFN7O3Si. The second kappa shape index (κ2) is 13.9. The number of pyridine rings is 1. The largest absolute Gasteiger partial charge is 0.493 e. The van der Waals surface area contributed by atoms with Gasteiger partial charge in [0.1, 0.15) is 12.5 Å². The van der Waals surface area contributed by atoms with Crippen LogP contribution in [0.25, 0.3) is 33.8 Å². The van der Waals surface area contributed by atoms with Crippen molar-refractivity contribution in [2.75, 3.05) is 45.3 Å². The Morgan fingerprint density at radius 3 is 2.70 bits per heavy atom. The van der Waals surface area contributed by atoms with Gasteiger partial charge in [0.25, 0.3) is 0 Å². The summed E-state index contributed by atoms with van der Waals surface area (Å²) >= 11 is 6.18. The third kappa shape index (κ3) is 7.76. The van der Waals surface area contributed by atoms with Crippen LogP contribution in [0.5, 0.6) is 5.75 Å². The molecule has 2 aromatic carbocycles. The van der Waals surface area contributed by atoms with Crippen molar-refractivity contribution in [3.63, 3.8) is 0 Å². The normalized spacial score (nSPS) is 14.2. The van der Waals surface area contributed by atoms with Gasteiger partial charge in [-0.05, 0) is 48.0 Å². The van der Waals surface area contributed by atoms with Crippen molar-refractivity contribution >= 4 is 42.1 Å². The summed E-state index contributed by atoms with van der Waals surface area (Å²) in [5, 5.41) is 8.74. The van der Waals surface area contributed by atoms with Gasteiger partial charge in [-0.1, -0.05) is 37.3 Å². The predicted octanol–water partition coefficient (Wildman–Crippen LogP) is 7.18. The Morgan fingerprint density at radius 2 is 1.91 bits per heavy atom. The average Bonchev–Trinajstić information content (AvgIpc) is 3.64. The number of rotatable bonds is 12. The standard InChI is InChI=1S/C33H39ClFN7O3Si/c1-43-31-18-36-27(24-16-23(34)6-7-25(24)35)17-29(31)37-30-20-42(21-45-13-14-46(2,3)4)40-32(30)33-38-26-8-5-22(15-28(26)39-33)19-41-9-11-44-12-10-41/h5-8,15-18,20H,9-14,19,21H2,1-4H3,(H,36,37)(H,38,39). The second-order valence-corrected chi connectivity index (χ2v) is 18.7. The molecule has 0 aliphatic carbocycles. The van der Waals surface area contributed by atoms with Gasteiger partial charge in [-0.3, -0.25) is 9.88 Å². The molecule has 3 aromatic heterocycles. The van der Waals surface area contributed by atoms with Crippen LogP contribution in [0, 0.1) is 5.82 Å². The Morgan fingerprint density at radius 1 is 1.09 bits per heavy atom. The smallest absolute Gasteiger partial charge is 0.161 e. The lowest BCUT2D eigenvalue weighted by Gasteiger charge is -2.26. The number of aromatic amines is 1. The number of ether oxygens (including phenoxy) is 3. The van der Waals surface area contributed by atoms with Gasteiger partial charge in [0, 0.05) is 44.9 Å². The van der Waals surface area contributed by atoms with E-state index in [2.05, 4.69) is 52.0 Å². The molecule has 2 N–H and O–H groups in total. The van der Waals surface area contributed by atoms with E-state index >= 15 is 0 Å². The first-order valence-corrected chi connectivity index (χ1v) is 19.4. The summed E-state index contributed by atoms with van der Waals surface area (Å²) in [7, 11) is 0.321. The molecule has 0 atom stereocenters. The van der Waals surface area contributed by atoms with E-state index in [9.17, 15) is 4.39 Å². The molecule has 4 heterocycles. The molecule has 46 heavy (non-hydrogen) atoms. The first-order valence-electron chi connectivity index (χ1n) is 15.4. The highest BCUT2D eigenvalue weighted by Gasteiger charge is 2.20. The number of imidazole rings is 1. The van der Waals surface area contributed by atoms with Gasteiger partial charge in [-0.15, -0.1) is 0 Å². The van der Waals surface area contributed by atoms with Gasteiger partial charge < -0.3 is 24.5 Å². The summed E-state index contributed by atoms with van der Waals surface area (Å²) in [6.07, 6.45) is 3.43. The fourth-order valence-electron chi connectivity index (χ4n) is 5.26. The van der Waals surface area contributed by atoms with Crippen LogP contribution >= 0.6 is 11.6 Å². The van der Waals surface area contributed by atoms with Crippen LogP contribution < -0.4 is 10.1 Å². The number of fused-ring (bicyclic) bond motifs is 1. The quantitative estimate of drug-likeness (QED) is 0.107. The van der Waals surface area contributed by atoms with Crippen molar-refractivity contribution in [2.24, 2.45) is 0 Å². The number of benzene rings is 2. The Bertz CT molecular complexity index is 1820. The van der Waals surface area contributed by atoms with E-state index < -0.39 is 13.9 Å². The second-order valence-electron chi connectivity index (χ2n) is 12.6. The van der Waals surface area contributed by atoms with Gasteiger partial charge in [0.15, 0.2) is 17.3 Å². The minimum absolute atomic E-state index is 0.287. The first-order chi connectivity index (χ1) is 22.1. The molecule has 0 bridgehead atoms. The maximum Gasteiger partial charge on any atom is 0.161 e. The minimum Gasteiger partial charge on any atom is -0.493 e. The van der Waals surface area contributed by atoms with E-state index in [1.54, 1.807) is 30.1 Å². The summed E-state index contributed by atoms with van der Waals surface area (Å²) in [6, 6.07) is 13.5. The van der Waals surface area contributed by atoms with Crippen LogP contribution in [0.15, 0.2) is 54.9 Å². The number of hydrogen-bond donors (Lipinski definition) is 2. The van der Waals surface area contributed by atoms with Crippen LogP contribution in [0.3, 0.4) is 0 Å². The van der Waals surface area contributed by atoms with Gasteiger partial charge in [-0.2, -0.15) is 5.10 Å². The van der Waals surface area contributed by atoms with Crippen LogP contribution in [0.4, 0.5) is 15.8 Å². The van der Waals surface area contributed by atoms with E-state index in [0.29, 0.717) is 46.0 Å². The number of methoxy groups -OCH3 is 1. The predicted molar refractivity (Wildman–Crippen MR) is 182 cm³/mol. The number of aromatic nitrogens is 5. The SMILES string of the molecule is COc1cnc(-c2cc(Cl)ccc2F)cc1Nc1cn(COCC[Si](C)(C)C)nc1-c1nc2ccc(CN3CCOCC3)cc2[nH]1. The monoisotopic (exact) mass is 663 g/mol. The summed E-state index contributed by atoms with van der Waals surface area (Å²) in [5.74, 6) is 0.664. The fraction of sp³-hybridized carbons (Fsp3) is 0.364. The molecule has 1 aliphatic heterocycles. The van der Waals surface area contributed by atoms with Crippen LogP contribution in [0.1, 0.15) is 5.56 Å². The van der Waals surface area contributed by atoms with Gasteiger partial charge in [-0.25, -0.2) is 14.1 Å². The number of halogens is 2. The van der Waals surface area contributed by atoms with Gasteiger partial charge >= 0.3 is 0 Å². The highest BCUT2D eigenvalue weighted by atomic mass is 35.5. The van der Waals surface area contributed by atoms with Crippen molar-refractivity contribution in [1.82, 2.24) is 29.6 Å². The molecule has 1 fully saturated rings. The van der Waals surface area contributed by atoms with E-state index in [1.807, 2.05) is 12.3 Å². The maximum atomic E-state index is 14.8. The zero-order chi connectivity index (χ0) is 32.3. The van der Waals surface area contributed by atoms with Crippen molar-refractivity contribution in [3.05, 3.63) is 71.3 Å². The number of H-pyrrole nitrogens is 1. The maximum absolute atomic E-state index is 14.8. The highest BCUT2D eigenvalue weighted by molar-refractivity contribution is 6.76. The molecule has 13 heteroatoms. The Balaban J connectivity index is 1.33. The fourth-order valence-corrected chi connectivity index (χ4v) is 6.19. The number of anilines is 2.